The Morgan fingerprint density at radius 2 is 2.04 bits per heavy atom. The molecule has 0 spiro atoms. The van der Waals surface area contributed by atoms with Crippen molar-refractivity contribution < 1.29 is 9.18 Å². The molecule has 1 atom stereocenters. The van der Waals surface area contributed by atoms with Crippen LogP contribution in [0.25, 0.3) is 0 Å². The second-order valence-electron chi connectivity index (χ2n) is 6.84. The lowest BCUT2D eigenvalue weighted by atomic mass is 10.0. The first kappa shape index (κ1) is 17.3. The summed E-state index contributed by atoms with van der Waals surface area (Å²) in [6.45, 7) is 1.51. The first-order valence-corrected chi connectivity index (χ1v) is 9.46. The smallest absolute Gasteiger partial charge is 0.314 e. The van der Waals surface area contributed by atoms with Crippen LogP contribution in [0.4, 0.5) is 14.9 Å². The van der Waals surface area contributed by atoms with Crippen LogP contribution in [0.1, 0.15) is 49.8 Å². The molecule has 0 aliphatic carbocycles. The third kappa shape index (κ3) is 3.28. The van der Waals surface area contributed by atoms with Gasteiger partial charge in [0, 0.05) is 24.5 Å². The van der Waals surface area contributed by atoms with Crippen LogP contribution in [0.2, 0.25) is 5.02 Å². The second-order valence-corrected chi connectivity index (χ2v) is 7.28. The molecule has 1 saturated heterocycles. The molecule has 2 amide bonds. The average Bonchev–Trinajstić information content (AvgIpc) is 3.08. The molecule has 2 aromatic rings. The van der Waals surface area contributed by atoms with Gasteiger partial charge in [0.25, 0.3) is 0 Å². The fourth-order valence-corrected chi connectivity index (χ4v) is 3.97. The maximum Gasteiger partial charge on any atom is 0.322 e. The number of halogens is 2. The Kier molecular flexibility index (Phi) is 4.80. The second kappa shape index (κ2) is 7.23. The van der Waals surface area contributed by atoms with Gasteiger partial charge in [0.2, 0.25) is 0 Å². The zero-order valence-corrected chi connectivity index (χ0v) is 15.2. The number of aromatic nitrogens is 3. The van der Waals surface area contributed by atoms with Gasteiger partial charge in [0.1, 0.15) is 11.6 Å². The number of likely N-dealkylation sites (tertiary alicyclic amines) is 1. The molecule has 4 rings (SSSR count). The lowest BCUT2D eigenvalue weighted by Crippen LogP contribution is -2.42. The molecule has 0 bridgehead atoms. The maximum atomic E-state index is 14.0. The van der Waals surface area contributed by atoms with Crippen molar-refractivity contribution in [3.05, 3.63) is 40.7 Å². The van der Waals surface area contributed by atoms with Gasteiger partial charge < -0.3 is 14.8 Å². The molecule has 138 valence electrons. The molecule has 1 N–H and O–H groups in total. The Labute approximate surface area is 156 Å². The quantitative estimate of drug-likeness (QED) is 0.854. The molecule has 2 aliphatic rings. The first-order chi connectivity index (χ1) is 12.6. The Balaban J connectivity index is 1.58. The Hall–Kier alpha value is -2.15. The summed E-state index contributed by atoms with van der Waals surface area (Å²) in [6, 6.07) is 3.67. The van der Waals surface area contributed by atoms with Crippen molar-refractivity contribution in [1.82, 2.24) is 19.7 Å². The van der Waals surface area contributed by atoms with E-state index in [0.717, 1.165) is 56.7 Å². The van der Waals surface area contributed by atoms with Crippen molar-refractivity contribution in [2.45, 2.75) is 51.1 Å². The van der Waals surface area contributed by atoms with Crippen LogP contribution in [-0.4, -0.2) is 32.2 Å². The predicted octanol–water partition coefficient (Wildman–Crippen LogP) is 4.17. The molecule has 0 saturated carbocycles. The van der Waals surface area contributed by atoms with Crippen LogP contribution >= 0.6 is 11.6 Å². The summed E-state index contributed by atoms with van der Waals surface area (Å²) >= 11 is 5.92. The summed E-state index contributed by atoms with van der Waals surface area (Å²) in [5, 5.41) is 11.7. The van der Waals surface area contributed by atoms with Gasteiger partial charge in [0.15, 0.2) is 5.82 Å². The topological polar surface area (TPSA) is 63.1 Å². The van der Waals surface area contributed by atoms with Crippen LogP contribution in [-0.2, 0) is 13.0 Å². The molecule has 1 fully saturated rings. The minimum atomic E-state index is -0.504. The summed E-state index contributed by atoms with van der Waals surface area (Å²) in [7, 11) is 0. The van der Waals surface area contributed by atoms with Crippen molar-refractivity contribution in [3.63, 3.8) is 0 Å². The molecule has 2 aliphatic heterocycles. The number of carbonyl (C=O) groups excluding carboxylic acids is 1. The van der Waals surface area contributed by atoms with E-state index in [4.69, 9.17) is 11.6 Å². The molecule has 8 heteroatoms. The monoisotopic (exact) mass is 377 g/mol. The third-order valence-electron chi connectivity index (χ3n) is 5.12. The molecular weight excluding hydrogens is 357 g/mol. The zero-order valence-electron chi connectivity index (χ0n) is 14.4. The number of hydrogen-bond donors (Lipinski definition) is 1. The highest BCUT2D eigenvalue weighted by molar-refractivity contribution is 6.30. The molecule has 0 radical (unpaired) electrons. The summed E-state index contributed by atoms with van der Waals surface area (Å²) in [6.07, 6.45) is 5.94. The highest BCUT2D eigenvalue weighted by Crippen LogP contribution is 2.32. The number of amides is 2. The van der Waals surface area contributed by atoms with Gasteiger partial charge in [-0.15, -0.1) is 10.2 Å². The zero-order chi connectivity index (χ0) is 18.1. The Bertz CT molecular complexity index is 824. The van der Waals surface area contributed by atoms with Crippen molar-refractivity contribution in [2.75, 3.05) is 11.9 Å². The fourth-order valence-electron chi connectivity index (χ4n) is 3.80. The van der Waals surface area contributed by atoms with Crippen molar-refractivity contribution in [3.8, 4) is 0 Å². The number of nitrogens with one attached hydrogen (secondary N) is 1. The highest BCUT2D eigenvalue weighted by Gasteiger charge is 2.33. The number of urea groups is 1. The standard InChI is InChI=1S/C18H21ClFN5O/c19-12-7-8-13(20)14(11-12)21-18(26)24-9-3-1-5-15(24)17-23-22-16-6-2-4-10-25(16)17/h7-8,11,15H,1-6,9-10H2,(H,21,26)/t15-/m1/s1. The Morgan fingerprint density at radius 1 is 1.19 bits per heavy atom. The maximum absolute atomic E-state index is 14.0. The molecule has 1 aromatic heterocycles. The van der Waals surface area contributed by atoms with Gasteiger partial charge in [-0.05, 0) is 50.3 Å². The fraction of sp³-hybridized carbons (Fsp3) is 0.500. The number of rotatable bonds is 2. The third-order valence-corrected chi connectivity index (χ3v) is 5.35. The van der Waals surface area contributed by atoms with Gasteiger partial charge in [-0.2, -0.15) is 0 Å². The van der Waals surface area contributed by atoms with E-state index >= 15 is 0 Å². The number of hydrogen-bond acceptors (Lipinski definition) is 3. The summed E-state index contributed by atoms with van der Waals surface area (Å²) in [5.41, 5.74) is 0.0927. The number of anilines is 1. The number of benzene rings is 1. The number of nitrogens with zero attached hydrogens (tertiary/aromatic N) is 4. The normalized spacial score (nSPS) is 19.9. The van der Waals surface area contributed by atoms with E-state index in [9.17, 15) is 9.18 Å². The van der Waals surface area contributed by atoms with Crippen LogP contribution in [0.15, 0.2) is 18.2 Å². The number of aryl methyl sites for hydroxylation is 1. The summed E-state index contributed by atoms with van der Waals surface area (Å²) in [5.74, 6) is 1.34. The molecule has 26 heavy (non-hydrogen) atoms. The minimum Gasteiger partial charge on any atom is -0.314 e. The van der Waals surface area contributed by atoms with E-state index in [0.29, 0.717) is 11.6 Å². The van der Waals surface area contributed by atoms with Crippen LogP contribution in [0, 0.1) is 5.82 Å². The van der Waals surface area contributed by atoms with Gasteiger partial charge in [0.05, 0.1) is 11.7 Å². The number of carbonyl (C=O) groups is 1. The lowest BCUT2D eigenvalue weighted by Gasteiger charge is -2.35. The van der Waals surface area contributed by atoms with Gasteiger partial charge in [-0.3, -0.25) is 0 Å². The van der Waals surface area contributed by atoms with E-state index in [1.54, 1.807) is 4.90 Å². The predicted molar refractivity (Wildman–Crippen MR) is 96.7 cm³/mol. The Morgan fingerprint density at radius 3 is 2.92 bits per heavy atom. The minimum absolute atomic E-state index is 0.0927. The summed E-state index contributed by atoms with van der Waals surface area (Å²) in [4.78, 5) is 14.6. The van der Waals surface area contributed by atoms with E-state index in [1.165, 1.54) is 18.2 Å². The SMILES string of the molecule is O=C(Nc1cc(Cl)ccc1F)N1CCCC[C@@H]1c1nnc2n1CCCC2. The molecule has 0 unspecified atom stereocenters. The highest BCUT2D eigenvalue weighted by atomic mass is 35.5. The summed E-state index contributed by atoms with van der Waals surface area (Å²) < 4.78 is 16.1. The largest absolute Gasteiger partial charge is 0.322 e. The van der Waals surface area contributed by atoms with Crippen LogP contribution in [0.5, 0.6) is 0 Å². The van der Waals surface area contributed by atoms with Gasteiger partial charge in [-0.25, -0.2) is 9.18 Å². The van der Waals surface area contributed by atoms with E-state index in [1.807, 2.05) is 0 Å². The van der Waals surface area contributed by atoms with Gasteiger partial charge >= 0.3 is 6.03 Å². The number of fused-ring (bicyclic) bond motifs is 1. The van der Waals surface area contributed by atoms with E-state index < -0.39 is 5.82 Å². The van der Waals surface area contributed by atoms with Crippen molar-refractivity contribution >= 4 is 23.3 Å². The molecule has 6 nitrogen and oxygen atoms in total. The first-order valence-electron chi connectivity index (χ1n) is 9.08. The lowest BCUT2D eigenvalue weighted by molar-refractivity contribution is 0.156. The van der Waals surface area contributed by atoms with E-state index in [2.05, 4.69) is 20.1 Å². The van der Waals surface area contributed by atoms with Crippen LogP contribution < -0.4 is 5.32 Å². The molecular formula is C18H21ClFN5O. The van der Waals surface area contributed by atoms with Crippen molar-refractivity contribution in [1.29, 1.82) is 0 Å². The molecule has 1 aromatic carbocycles. The molecule has 3 heterocycles. The van der Waals surface area contributed by atoms with Gasteiger partial charge in [-0.1, -0.05) is 11.6 Å². The van der Waals surface area contributed by atoms with Crippen LogP contribution in [0.3, 0.4) is 0 Å². The number of piperidine rings is 1. The average molecular weight is 378 g/mol. The van der Waals surface area contributed by atoms with Crippen molar-refractivity contribution in [2.24, 2.45) is 0 Å². The van der Waals surface area contributed by atoms with E-state index in [-0.39, 0.29) is 17.8 Å².